The summed E-state index contributed by atoms with van der Waals surface area (Å²) in [6.07, 6.45) is 7.33. The van der Waals surface area contributed by atoms with Crippen molar-refractivity contribution in [1.82, 2.24) is 9.80 Å². The highest BCUT2D eigenvalue weighted by Crippen LogP contribution is 2.33. The molecule has 1 amide bonds. The summed E-state index contributed by atoms with van der Waals surface area (Å²) in [5, 5.41) is 22.4. The highest BCUT2D eigenvalue weighted by Gasteiger charge is 2.29. The predicted molar refractivity (Wildman–Crippen MR) is 150 cm³/mol. The zero-order valence-electron chi connectivity index (χ0n) is 22.7. The highest BCUT2D eigenvalue weighted by atomic mass is 32.2. The first kappa shape index (κ1) is 30.3. The topological polar surface area (TPSA) is 124 Å². The second-order valence-corrected chi connectivity index (χ2v) is 13.0. The number of allylic oxidation sites excluding steroid dienone is 1. The van der Waals surface area contributed by atoms with Crippen LogP contribution in [-0.4, -0.2) is 67.4 Å². The molecule has 0 bridgehead atoms. The van der Waals surface area contributed by atoms with Crippen LogP contribution in [0.1, 0.15) is 43.7 Å². The quantitative estimate of drug-likeness (QED) is 0.209. The number of rotatable bonds is 13. The Hall–Kier alpha value is -3.24. The molecule has 3 rings (SSSR count). The van der Waals surface area contributed by atoms with Crippen LogP contribution in [0, 0.1) is 16.0 Å². The molecule has 0 radical (unpaired) electrons. The van der Waals surface area contributed by atoms with E-state index in [9.17, 15) is 28.4 Å². The van der Waals surface area contributed by atoms with Crippen LogP contribution >= 0.6 is 0 Å². The first-order chi connectivity index (χ1) is 18.4. The second-order valence-electron chi connectivity index (χ2n) is 10.7. The largest absolute Gasteiger partial charge is 0.530 e. The summed E-state index contributed by atoms with van der Waals surface area (Å²) in [6, 6.07) is 16.0. The molecule has 1 fully saturated rings. The minimum atomic E-state index is -3.05. The van der Waals surface area contributed by atoms with Crippen molar-refractivity contribution in [3.05, 3.63) is 88.0 Å². The van der Waals surface area contributed by atoms with Crippen LogP contribution in [0.5, 0.6) is 0 Å². The van der Waals surface area contributed by atoms with Crippen molar-refractivity contribution in [2.75, 3.05) is 38.2 Å². The molecule has 1 aliphatic rings. The molecule has 1 atom stereocenters. The Bertz CT molecular complexity index is 1230. The minimum Gasteiger partial charge on any atom is -0.530 e. The highest BCUT2D eigenvalue weighted by molar-refractivity contribution is 7.90. The van der Waals surface area contributed by atoms with Gasteiger partial charge in [-0.05, 0) is 67.8 Å². The summed E-state index contributed by atoms with van der Waals surface area (Å²) in [5.74, 6) is 0.521. The zero-order valence-corrected chi connectivity index (χ0v) is 23.5. The van der Waals surface area contributed by atoms with Gasteiger partial charge in [0.1, 0.15) is 15.9 Å². The summed E-state index contributed by atoms with van der Waals surface area (Å²) in [6.45, 7) is 5.19. The third kappa shape index (κ3) is 9.78. The third-order valence-corrected chi connectivity index (χ3v) is 8.57. The lowest BCUT2D eigenvalue weighted by molar-refractivity contribution is -0.384. The van der Waals surface area contributed by atoms with Gasteiger partial charge in [-0.1, -0.05) is 61.5 Å². The standard InChI is InChI=1S/C29H39N3O6S/c1-29(17-22-39(2,37)38,26-8-4-3-5-9-26)16-21-30-19-14-24(15-20-30)7-6-18-31(28(33)34)23-25-10-12-27(13-11-25)32(35)36/h3-13,24H,14-23H2,1-2H3,(H,33,34)/p-1. The van der Waals surface area contributed by atoms with E-state index in [0.717, 1.165) is 44.5 Å². The number of carbonyl (C=O) groups is 1. The Kier molecular flexibility index (Phi) is 10.7. The van der Waals surface area contributed by atoms with Gasteiger partial charge in [0.15, 0.2) is 0 Å². The number of amides is 1. The Morgan fingerprint density at radius 3 is 2.31 bits per heavy atom. The number of benzene rings is 2. The smallest absolute Gasteiger partial charge is 0.269 e. The molecule has 10 heteroatoms. The van der Waals surface area contributed by atoms with E-state index in [4.69, 9.17) is 0 Å². The van der Waals surface area contributed by atoms with Crippen molar-refractivity contribution >= 4 is 21.6 Å². The maximum absolute atomic E-state index is 11.9. The molecule has 39 heavy (non-hydrogen) atoms. The Morgan fingerprint density at radius 1 is 1.10 bits per heavy atom. The van der Waals surface area contributed by atoms with Crippen LogP contribution < -0.4 is 5.11 Å². The number of nitro benzene ring substituents is 1. The number of carbonyl (C=O) groups excluding carboxylic acids is 1. The maximum Gasteiger partial charge on any atom is 0.269 e. The molecular formula is C29H38N3O6S-. The first-order valence-electron chi connectivity index (χ1n) is 13.3. The SMILES string of the molecule is CC(CCN1CCC(C=CCN(Cc2ccc([N+](=O)[O-])cc2)C(=O)[O-])CC1)(CCS(C)(=O)=O)c1ccccc1. The number of piperidine rings is 1. The molecule has 1 heterocycles. The van der Waals surface area contributed by atoms with Gasteiger partial charge in [-0.25, -0.2) is 8.42 Å². The van der Waals surface area contributed by atoms with Gasteiger partial charge in [0.05, 0.1) is 10.7 Å². The van der Waals surface area contributed by atoms with Gasteiger partial charge in [0.25, 0.3) is 5.69 Å². The van der Waals surface area contributed by atoms with Crippen LogP contribution in [0.25, 0.3) is 0 Å². The van der Waals surface area contributed by atoms with Gasteiger partial charge in [-0.15, -0.1) is 0 Å². The second kappa shape index (κ2) is 13.7. The molecule has 1 saturated heterocycles. The molecule has 0 N–H and O–H groups in total. The molecule has 1 aliphatic heterocycles. The first-order valence-corrected chi connectivity index (χ1v) is 15.3. The van der Waals surface area contributed by atoms with Gasteiger partial charge in [0.2, 0.25) is 0 Å². The van der Waals surface area contributed by atoms with Crippen LogP contribution in [0.3, 0.4) is 0 Å². The number of sulfone groups is 1. The van der Waals surface area contributed by atoms with Crippen molar-refractivity contribution in [2.45, 2.75) is 44.6 Å². The molecule has 0 saturated carbocycles. The Balaban J connectivity index is 1.49. The van der Waals surface area contributed by atoms with Gasteiger partial charge in [-0.3, -0.25) is 10.1 Å². The van der Waals surface area contributed by atoms with Gasteiger partial charge >= 0.3 is 0 Å². The molecule has 0 spiro atoms. The van der Waals surface area contributed by atoms with E-state index in [1.807, 2.05) is 24.3 Å². The lowest BCUT2D eigenvalue weighted by atomic mass is 9.77. The normalized spacial score (nSPS) is 16.7. The average molecular weight is 557 g/mol. The number of non-ortho nitro benzene ring substituents is 1. The van der Waals surface area contributed by atoms with Gasteiger partial charge in [-0.2, -0.15) is 0 Å². The molecule has 0 aliphatic carbocycles. The number of carboxylic acid groups (broad SMARTS) is 1. The minimum absolute atomic E-state index is 0.0383. The molecular weight excluding hydrogens is 518 g/mol. The fraction of sp³-hybridized carbons (Fsp3) is 0.483. The monoisotopic (exact) mass is 556 g/mol. The Morgan fingerprint density at radius 2 is 1.74 bits per heavy atom. The summed E-state index contributed by atoms with van der Waals surface area (Å²) in [7, 11) is -3.05. The van der Waals surface area contributed by atoms with E-state index in [1.165, 1.54) is 23.3 Å². The molecule has 212 valence electrons. The molecule has 0 aromatic heterocycles. The van der Waals surface area contributed by atoms with Crippen molar-refractivity contribution in [3.8, 4) is 0 Å². The van der Waals surface area contributed by atoms with E-state index in [-0.39, 0.29) is 29.9 Å². The molecule has 2 aromatic rings. The zero-order chi connectivity index (χ0) is 28.5. The van der Waals surface area contributed by atoms with E-state index in [0.29, 0.717) is 17.9 Å². The number of nitrogens with zero attached hydrogens (tertiary/aromatic N) is 3. The average Bonchev–Trinajstić information content (AvgIpc) is 2.91. The molecule has 9 nitrogen and oxygen atoms in total. The van der Waals surface area contributed by atoms with Gasteiger partial charge < -0.3 is 19.7 Å². The van der Waals surface area contributed by atoms with Crippen molar-refractivity contribution < 1.29 is 23.2 Å². The van der Waals surface area contributed by atoms with Crippen LogP contribution in [0.15, 0.2) is 66.7 Å². The van der Waals surface area contributed by atoms with Crippen LogP contribution in [-0.2, 0) is 21.8 Å². The Labute approximate surface area is 231 Å². The lowest BCUT2D eigenvalue weighted by Crippen LogP contribution is -2.41. The number of hydrogen-bond acceptors (Lipinski definition) is 7. The molecule has 1 unspecified atom stereocenters. The van der Waals surface area contributed by atoms with Crippen molar-refractivity contribution in [3.63, 3.8) is 0 Å². The van der Waals surface area contributed by atoms with E-state index in [1.54, 1.807) is 12.1 Å². The van der Waals surface area contributed by atoms with Crippen LogP contribution in [0.4, 0.5) is 10.5 Å². The summed E-state index contributed by atoms with van der Waals surface area (Å²) < 4.78 is 23.7. The summed E-state index contributed by atoms with van der Waals surface area (Å²) >= 11 is 0. The van der Waals surface area contributed by atoms with E-state index >= 15 is 0 Å². The summed E-state index contributed by atoms with van der Waals surface area (Å²) in [4.78, 5) is 25.5. The number of nitro groups is 1. The van der Waals surface area contributed by atoms with Crippen molar-refractivity contribution in [1.29, 1.82) is 0 Å². The molecule has 2 aromatic carbocycles. The van der Waals surface area contributed by atoms with Crippen molar-refractivity contribution in [2.24, 2.45) is 5.92 Å². The predicted octanol–water partition coefficient (Wildman–Crippen LogP) is 3.79. The number of likely N-dealkylation sites (tertiary alicyclic amines) is 1. The summed E-state index contributed by atoms with van der Waals surface area (Å²) in [5.41, 5.74) is 1.56. The maximum atomic E-state index is 11.9. The van der Waals surface area contributed by atoms with E-state index < -0.39 is 20.9 Å². The fourth-order valence-corrected chi connectivity index (χ4v) is 5.79. The van der Waals surface area contributed by atoms with Gasteiger partial charge in [0, 0.05) is 31.5 Å². The fourth-order valence-electron chi connectivity index (χ4n) is 4.97. The number of hydrogen-bond donors (Lipinski definition) is 0. The lowest BCUT2D eigenvalue weighted by Gasteiger charge is -2.36. The third-order valence-electron chi connectivity index (χ3n) is 7.62. The van der Waals surface area contributed by atoms with Crippen LogP contribution in [0.2, 0.25) is 0 Å². The van der Waals surface area contributed by atoms with E-state index in [2.05, 4.69) is 30.0 Å².